The van der Waals surface area contributed by atoms with E-state index in [0.717, 1.165) is 37.9 Å². The van der Waals surface area contributed by atoms with Crippen molar-refractivity contribution < 1.29 is 0 Å². The van der Waals surface area contributed by atoms with Gasteiger partial charge in [-0.3, -0.25) is 0 Å². The summed E-state index contributed by atoms with van der Waals surface area (Å²) in [5.41, 5.74) is 9.70. The highest BCUT2D eigenvalue weighted by Crippen LogP contribution is 2.38. The third kappa shape index (κ3) is 2.21. The Kier molecular flexibility index (Phi) is 3.66. The Morgan fingerprint density at radius 3 is 2.43 bits per heavy atom. The highest BCUT2D eigenvalue weighted by atomic mass is 15.0. The van der Waals surface area contributed by atoms with E-state index < -0.39 is 0 Å². The summed E-state index contributed by atoms with van der Waals surface area (Å²) >= 11 is 0. The second-order valence-electron chi connectivity index (χ2n) is 5.87. The van der Waals surface area contributed by atoms with Crippen molar-refractivity contribution in [1.82, 2.24) is 9.97 Å². The number of nitrogen functional groups attached to an aromatic ring is 1. The molecule has 1 aliphatic rings. The molecule has 2 aromatic rings. The van der Waals surface area contributed by atoms with Crippen molar-refractivity contribution in [2.24, 2.45) is 0 Å². The Balaban J connectivity index is 2.17. The van der Waals surface area contributed by atoms with Crippen molar-refractivity contribution in [2.45, 2.75) is 51.4 Å². The van der Waals surface area contributed by atoms with Crippen molar-refractivity contribution in [3.05, 3.63) is 53.0 Å². The zero-order valence-electron chi connectivity index (χ0n) is 12.9. The van der Waals surface area contributed by atoms with Crippen molar-refractivity contribution >= 4 is 5.82 Å². The maximum absolute atomic E-state index is 6.21. The lowest BCUT2D eigenvalue weighted by atomic mass is 9.75. The van der Waals surface area contributed by atoms with Crippen LogP contribution in [0.15, 0.2) is 30.3 Å². The molecule has 3 heteroatoms. The molecule has 3 rings (SSSR count). The van der Waals surface area contributed by atoms with Crippen LogP contribution in [0.3, 0.4) is 0 Å². The molecule has 0 radical (unpaired) electrons. The van der Waals surface area contributed by atoms with Crippen molar-refractivity contribution in [1.29, 1.82) is 0 Å². The number of nitrogens with zero attached hydrogens (tertiary/aromatic N) is 2. The monoisotopic (exact) mass is 281 g/mol. The minimum Gasteiger partial charge on any atom is -0.383 e. The minimum absolute atomic E-state index is 0.132. The first-order chi connectivity index (χ1) is 10.2. The van der Waals surface area contributed by atoms with Gasteiger partial charge in [0.05, 0.1) is 5.41 Å². The number of aryl methyl sites for hydroxylation is 1. The van der Waals surface area contributed by atoms with E-state index in [0.29, 0.717) is 5.82 Å². The third-order valence-corrected chi connectivity index (χ3v) is 4.93. The van der Waals surface area contributed by atoms with Gasteiger partial charge in [-0.2, -0.15) is 0 Å². The Morgan fingerprint density at radius 1 is 1.05 bits per heavy atom. The van der Waals surface area contributed by atoms with Crippen LogP contribution < -0.4 is 5.73 Å². The van der Waals surface area contributed by atoms with Gasteiger partial charge in [-0.05, 0) is 37.7 Å². The molecule has 110 valence electrons. The summed E-state index contributed by atoms with van der Waals surface area (Å²) in [5.74, 6) is 1.59. The second-order valence-corrected chi connectivity index (χ2v) is 5.87. The number of hydrogen-bond acceptors (Lipinski definition) is 3. The van der Waals surface area contributed by atoms with Gasteiger partial charge in [-0.25, -0.2) is 9.97 Å². The predicted molar refractivity (Wildman–Crippen MR) is 86.3 cm³/mol. The third-order valence-electron chi connectivity index (χ3n) is 4.93. The van der Waals surface area contributed by atoms with Crippen molar-refractivity contribution in [3.63, 3.8) is 0 Å². The fourth-order valence-electron chi connectivity index (χ4n) is 3.54. The average molecular weight is 281 g/mol. The molecule has 0 saturated carbocycles. The van der Waals surface area contributed by atoms with E-state index in [-0.39, 0.29) is 5.41 Å². The molecule has 21 heavy (non-hydrogen) atoms. The molecule has 1 heterocycles. The number of hydrogen-bond donors (Lipinski definition) is 1. The molecular formula is C18H23N3. The van der Waals surface area contributed by atoms with Gasteiger partial charge in [0.25, 0.3) is 0 Å². The Labute approximate surface area is 126 Å². The molecule has 0 atom stereocenters. The fourth-order valence-corrected chi connectivity index (χ4v) is 3.54. The molecule has 0 amide bonds. The molecule has 1 aromatic heterocycles. The van der Waals surface area contributed by atoms with Crippen LogP contribution in [0.2, 0.25) is 0 Å². The quantitative estimate of drug-likeness (QED) is 0.930. The number of fused-ring (bicyclic) bond motifs is 1. The standard InChI is InChI=1S/C18H23N3/c1-3-18(4-2,13-9-6-5-7-10-13)17-20-15-12-8-11-14(15)16(19)21-17/h5-7,9-10H,3-4,8,11-12H2,1-2H3,(H2,19,20,21). The molecule has 0 spiro atoms. The fraction of sp³-hybridized carbons (Fsp3) is 0.444. The molecule has 0 aliphatic heterocycles. The Hall–Kier alpha value is -1.90. The van der Waals surface area contributed by atoms with Crippen molar-refractivity contribution in [2.75, 3.05) is 5.73 Å². The van der Waals surface area contributed by atoms with E-state index >= 15 is 0 Å². The summed E-state index contributed by atoms with van der Waals surface area (Å²) < 4.78 is 0. The van der Waals surface area contributed by atoms with Crippen LogP contribution in [0.25, 0.3) is 0 Å². The number of rotatable bonds is 4. The van der Waals surface area contributed by atoms with Crippen LogP contribution in [0.1, 0.15) is 55.8 Å². The van der Waals surface area contributed by atoms with Crippen LogP contribution in [0.4, 0.5) is 5.82 Å². The lowest BCUT2D eigenvalue weighted by molar-refractivity contribution is 0.448. The maximum atomic E-state index is 6.21. The molecular weight excluding hydrogens is 258 g/mol. The van der Waals surface area contributed by atoms with Gasteiger partial charge >= 0.3 is 0 Å². The van der Waals surface area contributed by atoms with Gasteiger partial charge in [0.2, 0.25) is 0 Å². The van der Waals surface area contributed by atoms with Gasteiger partial charge in [-0.15, -0.1) is 0 Å². The van der Waals surface area contributed by atoms with Crippen LogP contribution in [-0.4, -0.2) is 9.97 Å². The number of aromatic nitrogens is 2. The first-order valence-electron chi connectivity index (χ1n) is 7.92. The molecule has 0 unspecified atom stereocenters. The van der Waals surface area contributed by atoms with Gasteiger partial charge in [0.15, 0.2) is 0 Å². The van der Waals surface area contributed by atoms with Crippen LogP contribution >= 0.6 is 0 Å². The zero-order chi connectivity index (χ0) is 14.9. The highest BCUT2D eigenvalue weighted by molar-refractivity contribution is 5.47. The van der Waals surface area contributed by atoms with Gasteiger partial charge < -0.3 is 5.73 Å². The van der Waals surface area contributed by atoms with Crippen molar-refractivity contribution in [3.8, 4) is 0 Å². The summed E-state index contributed by atoms with van der Waals surface area (Å²) in [5, 5.41) is 0. The predicted octanol–water partition coefficient (Wildman–Crippen LogP) is 3.65. The smallest absolute Gasteiger partial charge is 0.141 e. The summed E-state index contributed by atoms with van der Waals surface area (Å²) in [4.78, 5) is 9.62. The molecule has 1 aliphatic carbocycles. The number of anilines is 1. The first kappa shape index (κ1) is 14.1. The topological polar surface area (TPSA) is 51.8 Å². The van der Waals surface area contributed by atoms with E-state index in [1.54, 1.807) is 0 Å². The normalized spacial score (nSPS) is 14.2. The van der Waals surface area contributed by atoms with Gasteiger partial charge in [0.1, 0.15) is 11.6 Å². The van der Waals surface area contributed by atoms with Gasteiger partial charge in [0, 0.05) is 11.3 Å². The highest BCUT2D eigenvalue weighted by Gasteiger charge is 2.35. The summed E-state index contributed by atoms with van der Waals surface area (Å²) in [7, 11) is 0. The molecule has 2 N–H and O–H groups in total. The van der Waals surface area contributed by atoms with E-state index in [2.05, 4.69) is 44.2 Å². The second kappa shape index (κ2) is 5.47. The van der Waals surface area contributed by atoms with Gasteiger partial charge in [-0.1, -0.05) is 44.2 Å². The minimum atomic E-state index is -0.132. The number of benzene rings is 1. The lowest BCUT2D eigenvalue weighted by Gasteiger charge is -2.31. The summed E-state index contributed by atoms with van der Waals surface area (Å²) in [6.45, 7) is 4.42. The van der Waals surface area contributed by atoms with E-state index in [1.165, 1.54) is 16.8 Å². The summed E-state index contributed by atoms with van der Waals surface area (Å²) in [6, 6.07) is 10.6. The molecule has 3 nitrogen and oxygen atoms in total. The average Bonchev–Trinajstić information content (AvgIpc) is 2.99. The molecule has 0 saturated heterocycles. The number of nitrogens with two attached hydrogens (primary N) is 1. The zero-order valence-corrected chi connectivity index (χ0v) is 12.9. The molecule has 0 bridgehead atoms. The Bertz CT molecular complexity index is 630. The first-order valence-corrected chi connectivity index (χ1v) is 7.92. The van der Waals surface area contributed by atoms with E-state index in [9.17, 15) is 0 Å². The van der Waals surface area contributed by atoms with Crippen LogP contribution in [0, 0.1) is 0 Å². The van der Waals surface area contributed by atoms with E-state index in [1.807, 2.05) is 0 Å². The molecule has 1 aromatic carbocycles. The largest absolute Gasteiger partial charge is 0.383 e. The van der Waals surface area contributed by atoms with E-state index in [4.69, 9.17) is 15.7 Å². The maximum Gasteiger partial charge on any atom is 0.141 e. The lowest BCUT2D eigenvalue weighted by Crippen LogP contribution is -2.29. The van der Waals surface area contributed by atoms with Crippen LogP contribution in [-0.2, 0) is 18.3 Å². The Morgan fingerprint density at radius 2 is 1.76 bits per heavy atom. The van der Waals surface area contributed by atoms with Crippen LogP contribution in [0.5, 0.6) is 0 Å². The SMILES string of the molecule is CCC(CC)(c1ccccc1)c1nc(N)c2c(n1)CCC2. The summed E-state index contributed by atoms with van der Waals surface area (Å²) in [6.07, 6.45) is 5.16. The molecule has 0 fully saturated rings.